The number of ether oxygens (including phenoxy) is 4. The zero-order chi connectivity index (χ0) is 46.1. The molecule has 1 N–H and O–H groups in total. The molecule has 0 spiro atoms. The Labute approximate surface area is 372 Å². The number of hydrogen-bond acceptors (Lipinski definition) is 12. The number of carbonyl (C=O) groups is 2. The highest BCUT2D eigenvalue weighted by Crippen LogP contribution is 2.40. The largest absolute Gasteiger partial charge is 0.507 e. The number of phenols is 1. The number of esters is 2. The Morgan fingerprint density at radius 1 is 1.02 bits per heavy atom. The van der Waals surface area contributed by atoms with E-state index in [1.807, 2.05) is 36.4 Å². The smallest absolute Gasteiger partial charge is 0.342 e. The molecule has 0 aliphatic carbocycles. The van der Waals surface area contributed by atoms with Crippen LogP contribution >= 0.6 is 0 Å². The average Bonchev–Trinajstić information content (AvgIpc) is 3.70. The number of non-ortho nitro benzene ring substituents is 1. The van der Waals surface area contributed by atoms with Gasteiger partial charge in [-0.1, -0.05) is 79.2 Å². The van der Waals surface area contributed by atoms with E-state index in [1.54, 1.807) is 19.3 Å². The average molecular weight is 885 g/mol. The summed E-state index contributed by atoms with van der Waals surface area (Å²) in [5.74, 6) is 0.148. The van der Waals surface area contributed by atoms with Crippen LogP contribution in [-0.4, -0.2) is 66.8 Å². The molecule has 63 heavy (non-hydrogen) atoms. The molecule has 0 radical (unpaired) electrons. The number of nitro groups is 1. The molecule has 5 rings (SSSR count). The van der Waals surface area contributed by atoms with Crippen LogP contribution in [0.4, 0.5) is 5.69 Å². The fraction of sp³-hybridized carbons (Fsp3) is 0.490. The molecule has 1 aliphatic rings. The second-order valence-electron chi connectivity index (χ2n) is 18.2. The van der Waals surface area contributed by atoms with Gasteiger partial charge in [0.15, 0.2) is 14.2 Å². The van der Waals surface area contributed by atoms with Crippen molar-refractivity contribution in [1.29, 1.82) is 0 Å². The van der Waals surface area contributed by atoms with E-state index in [-0.39, 0.29) is 52.1 Å². The monoisotopic (exact) mass is 884 g/mol. The molecule has 13 nitrogen and oxygen atoms in total. The number of cyclic esters (lactones) is 1. The third-order valence-electron chi connectivity index (χ3n) is 12.5. The highest BCUT2D eigenvalue weighted by Gasteiger charge is 2.42. The maximum absolute atomic E-state index is 13.4. The van der Waals surface area contributed by atoms with Crippen molar-refractivity contribution in [2.24, 2.45) is 11.8 Å². The molecule has 2 heterocycles. The molecule has 3 aromatic carbocycles. The van der Waals surface area contributed by atoms with Crippen molar-refractivity contribution in [2.45, 2.75) is 136 Å². The van der Waals surface area contributed by atoms with Gasteiger partial charge in [0.2, 0.25) is 0 Å². The Morgan fingerprint density at radius 2 is 1.71 bits per heavy atom. The maximum atomic E-state index is 13.4. The van der Waals surface area contributed by atoms with Crippen LogP contribution in [0.2, 0.25) is 18.1 Å². The van der Waals surface area contributed by atoms with Crippen molar-refractivity contribution in [3.63, 3.8) is 0 Å². The highest BCUT2D eigenvalue weighted by molar-refractivity contribution is 6.74. The zero-order valence-corrected chi connectivity index (χ0v) is 39.3. The number of phenolic OH excluding ortho intramolecular Hbond substituents is 1. The molecule has 6 atom stereocenters. The third-order valence-corrected chi connectivity index (χ3v) is 17.0. The first kappa shape index (κ1) is 48.7. The number of rotatable bonds is 21. The number of methoxy groups -OCH3 is 1. The standard InChI is InChI=1S/C49H64N2O11Si/c1-11-31(3)25-36-16-15-35-26-41(61-48(54)45(35)46(36)52)27-40(60-47(53)34-17-20-38(21-18-34)51(55)56)24-19-37-30-59-44(50-37)28-43(62-63(9,10)49(5,6)7)32(4)42(12-2)58-29-33-13-22-39(57-8)23-14-33/h13-24,30-32,40-43,52H,11-12,25-29H2,1-10H3/b24-19+/t31-,32+,40+,41-,42+,43-/m0/s1. The molecule has 340 valence electrons. The fourth-order valence-electron chi connectivity index (χ4n) is 7.31. The van der Waals surface area contributed by atoms with Crippen LogP contribution in [0, 0.1) is 22.0 Å². The first-order valence-corrected chi connectivity index (χ1v) is 24.8. The van der Waals surface area contributed by atoms with Gasteiger partial charge >= 0.3 is 11.9 Å². The summed E-state index contributed by atoms with van der Waals surface area (Å²) in [5.41, 5.74) is 2.98. The molecule has 0 bridgehead atoms. The van der Waals surface area contributed by atoms with Crippen molar-refractivity contribution in [2.75, 3.05) is 7.11 Å². The van der Waals surface area contributed by atoms with E-state index in [9.17, 15) is 24.8 Å². The van der Waals surface area contributed by atoms with Crippen molar-refractivity contribution in [1.82, 2.24) is 4.98 Å². The van der Waals surface area contributed by atoms with Gasteiger partial charge in [0.25, 0.3) is 5.69 Å². The summed E-state index contributed by atoms with van der Waals surface area (Å²) in [5, 5.41) is 22.3. The summed E-state index contributed by atoms with van der Waals surface area (Å²) in [7, 11) is -0.621. The van der Waals surface area contributed by atoms with E-state index in [2.05, 4.69) is 61.6 Å². The number of nitro benzene ring substituents is 1. The predicted octanol–water partition coefficient (Wildman–Crippen LogP) is 10.9. The SMILES string of the molecule is CC[C@H](C)Cc1ccc2c(c1O)C(=O)O[C@H](C[C@@H](/C=C/c1coc(C[C@H](O[Si](C)(C)C(C)(C)C)[C@H](C)[C@@H](CC)OCc3ccc(OC)cc3)n1)OC(=O)c1ccc([N+](=O)[O-])cc1)C2. The molecule has 0 saturated heterocycles. The minimum atomic E-state index is -2.26. The topological polar surface area (TPSA) is 170 Å². The maximum Gasteiger partial charge on any atom is 0.342 e. The second-order valence-corrected chi connectivity index (χ2v) is 22.9. The molecule has 1 aromatic heterocycles. The van der Waals surface area contributed by atoms with Gasteiger partial charge in [0, 0.05) is 37.3 Å². The number of aromatic nitrogens is 1. The van der Waals surface area contributed by atoms with Crippen LogP contribution < -0.4 is 4.74 Å². The molecule has 4 aromatic rings. The van der Waals surface area contributed by atoms with Gasteiger partial charge in [-0.3, -0.25) is 10.1 Å². The van der Waals surface area contributed by atoms with Crippen molar-refractivity contribution < 1.29 is 47.4 Å². The van der Waals surface area contributed by atoms with E-state index in [4.69, 9.17) is 32.8 Å². The minimum Gasteiger partial charge on any atom is -0.507 e. The molecule has 0 fully saturated rings. The number of benzene rings is 3. The van der Waals surface area contributed by atoms with Crippen LogP contribution in [0.1, 0.15) is 117 Å². The lowest BCUT2D eigenvalue weighted by Gasteiger charge is -2.42. The molecular weight excluding hydrogens is 821 g/mol. The lowest BCUT2D eigenvalue weighted by atomic mass is 9.90. The summed E-state index contributed by atoms with van der Waals surface area (Å²) in [6, 6.07) is 16.7. The molecule has 14 heteroatoms. The van der Waals surface area contributed by atoms with Crippen LogP contribution in [0.25, 0.3) is 6.08 Å². The fourth-order valence-corrected chi connectivity index (χ4v) is 8.71. The van der Waals surface area contributed by atoms with E-state index >= 15 is 0 Å². The number of fused-ring (bicyclic) bond motifs is 1. The number of hydrogen-bond donors (Lipinski definition) is 1. The Bertz CT molecular complexity index is 2190. The normalized spacial score (nSPS) is 16.7. The van der Waals surface area contributed by atoms with Crippen molar-refractivity contribution in [3.05, 3.63) is 123 Å². The van der Waals surface area contributed by atoms with Gasteiger partial charge in [-0.25, -0.2) is 14.6 Å². The Kier molecular flexibility index (Phi) is 16.5. The van der Waals surface area contributed by atoms with E-state index < -0.39 is 37.4 Å². The van der Waals surface area contributed by atoms with Crippen LogP contribution in [-0.2, 0) is 44.5 Å². The number of oxazole rings is 1. The number of nitrogens with zero attached hydrogens (tertiary/aromatic N) is 2. The lowest BCUT2D eigenvalue weighted by Crippen LogP contribution is -2.48. The Balaban J connectivity index is 1.36. The van der Waals surface area contributed by atoms with Crippen LogP contribution in [0.15, 0.2) is 77.4 Å². The van der Waals surface area contributed by atoms with E-state index in [0.717, 1.165) is 24.2 Å². The number of carbonyl (C=O) groups excluding carboxylic acids is 2. The predicted molar refractivity (Wildman–Crippen MR) is 243 cm³/mol. The van der Waals surface area contributed by atoms with E-state index in [1.165, 1.54) is 30.5 Å². The van der Waals surface area contributed by atoms with Gasteiger partial charge in [-0.15, -0.1) is 0 Å². The van der Waals surface area contributed by atoms with Crippen LogP contribution in [0.3, 0.4) is 0 Å². The van der Waals surface area contributed by atoms with E-state index in [0.29, 0.717) is 54.5 Å². The van der Waals surface area contributed by atoms with Gasteiger partial charge in [0.05, 0.1) is 36.4 Å². The second kappa shape index (κ2) is 21.4. The molecule has 0 amide bonds. The molecular formula is C49H64N2O11Si. The number of aromatic hydroxyl groups is 1. The minimum absolute atomic E-state index is 0.0202. The molecule has 0 unspecified atom stereocenters. The van der Waals surface area contributed by atoms with Crippen LogP contribution in [0.5, 0.6) is 11.5 Å². The molecule has 1 aliphatic heterocycles. The van der Waals surface area contributed by atoms with Gasteiger partial charge < -0.3 is 32.9 Å². The third kappa shape index (κ3) is 12.9. The zero-order valence-electron chi connectivity index (χ0n) is 38.3. The quantitative estimate of drug-likeness (QED) is 0.0364. The van der Waals surface area contributed by atoms with Crippen molar-refractivity contribution >= 4 is 32.0 Å². The van der Waals surface area contributed by atoms with Crippen molar-refractivity contribution in [3.8, 4) is 11.5 Å². The van der Waals surface area contributed by atoms with Gasteiger partial charge in [0.1, 0.15) is 41.2 Å². The summed E-state index contributed by atoms with van der Waals surface area (Å²) < 4.78 is 36.7. The summed E-state index contributed by atoms with van der Waals surface area (Å²) in [6.45, 7) is 19.9. The molecule has 0 saturated carbocycles. The van der Waals surface area contributed by atoms with Gasteiger partial charge in [-0.05, 0) is 90.0 Å². The first-order valence-electron chi connectivity index (χ1n) is 21.9. The summed E-state index contributed by atoms with van der Waals surface area (Å²) in [4.78, 5) is 42.3. The lowest BCUT2D eigenvalue weighted by molar-refractivity contribution is -0.384. The highest BCUT2D eigenvalue weighted by atomic mass is 28.4. The Hall–Kier alpha value is -5.31. The summed E-state index contributed by atoms with van der Waals surface area (Å²) in [6.07, 6.45) is 6.01. The summed E-state index contributed by atoms with van der Waals surface area (Å²) >= 11 is 0. The first-order chi connectivity index (χ1) is 29.8. The Morgan fingerprint density at radius 3 is 2.33 bits per heavy atom. The van der Waals surface area contributed by atoms with Gasteiger partial charge in [-0.2, -0.15) is 0 Å².